The van der Waals surface area contributed by atoms with Gasteiger partial charge >= 0.3 is 0 Å². The average molecular weight is 514 g/mol. The summed E-state index contributed by atoms with van der Waals surface area (Å²) >= 11 is 24.2. The van der Waals surface area contributed by atoms with Gasteiger partial charge in [-0.3, -0.25) is 4.79 Å². The van der Waals surface area contributed by atoms with Gasteiger partial charge in [0.05, 0.1) is 46.8 Å². The van der Waals surface area contributed by atoms with Gasteiger partial charge in [0.2, 0.25) is 0 Å². The Morgan fingerprint density at radius 3 is 2.12 bits per heavy atom. The van der Waals surface area contributed by atoms with Crippen molar-refractivity contribution in [3.63, 3.8) is 0 Å². The first-order chi connectivity index (χ1) is 15.0. The Labute approximate surface area is 209 Å². The molecule has 7 heteroatoms. The number of carbonyl (C=O) groups is 1. The summed E-state index contributed by atoms with van der Waals surface area (Å²) in [7, 11) is 2.12. The second-order valence-corrected chi connectivity index (χ2v) is 10.2. The third kappa shape index (κ3) is 5.96. The fraction of sp³-hybridized carbons (Fsp3) is 0.320. The van der Waals surface area contributed by atoms with Gasteiger partial charge in [0.1, 0.15) is 11.5 Å². The number of hydrogen-bond donors (Lipinski definition) is 1. The molecule has 1 saturated heterocycles. The molecule has 1 aliphatic rings. The van der Waals surface area contributed by atoms with Gasteiger partial charge in [-0.25, -0.2) is 0 Å². The molecular weight excluding hydrogens is 488 g/mol. The van der Waals surface area contributed by atoms with Crippen LogP contribution in [0.1, 0.15) is 24.5 Å². The molecule has 2 aromatic carbocycles. The Morgan fingerprint density at radius 1 is 1.03 bits per heavy atom. The van der Waals surface area contributed by atoms with E-state index in [0.29, 0.717) is 33.1 Å². The van der Waals surface area contributed by atoms with Crippen molar-refractivity contribution in [1.29, 1.82) is 0 Å². The molecular formula is C25H26Cl4NO2+. The van der Waals surface area contributed by atoms with Gasteiger partial charge in [0.15, 0.2) is 5.78 Å². The highest BCUT2D eigenvalue weighted by atomic mass is 35.5. The molecule has 0 aromatic heterocycles. The topological polar surface area (TPSA) is 37.3 Å². The third-order valence-corrected chi connectivity index (χ3v) is 7.76. The van der Waals surface area contributed by atoms with E-state index >= 15 is 0 Å². The molecule has 170 valence electrons. The van der Waals surface area contributed by atoms with Gasteiger partial charge in [-0.2, -0.15) is 0 Å². The van der Waals surface area contributed by atoms with Crippen LogP contribution >= 0.6 is 46.4 Å². The average Bonchev–Trinajstić information content (AvgIpc) is 2.77. The van der Waals surface area contributed by atoms with Crippen LogP contribution in [0, 0.1) is 5.92 Å². The summed E-state index contributed by atoms with van der Waals surface area (Å²) in [5, 5.41) is 13.3. The van der Waals surface area contributed by atoms with Crippen molar-refractivity contribution in [1.82, 2.24) is 0 Å². The SMILES string of the molecule is CC[N+]1(C)CC[C@](O)(/C=C/c2ccc(Cl)c(Cl)c2)[C@H](C(=O)/C=C\c2ccc(Cl)c(Cl)c2)C1. The van der Waals surface area contributed by atoms with Crippen molar-refractivity contribution in [2.75, 3.05) is 26.7 Å². The predicted octanol–water partition coefficient (Wildman–Crippen LogP) is 6.81. The number of nitrogens with zero attached hydrogens (tertiary/aromatic N) is 1. The number of halogens is 4. The van der Waals surface area contributed by atoms with E-state index in [2.05, 4.69) is 14.0 Å². The fourth-order valence-electron chi connectivity index (χ4n) is 3.90. The lowest BCUT2D eigenvalue weighted by molar-refractivity contribution is -0.916. The highest BCUT2D eigenvalue weighted by molar-refractivity contribution is 6.42. The molecule has 0 saturated carbocycles. The quantitative estimate of drug-likeness (QED) is 0.340. The number of hydrogen-bond acceptors (Lipinski definition) is 2. The van der Waals surface area contributed by atoms with E-state index in [1.165, 1.54) is 6.08 Å². The van der Waals surface area contributed by atoms with Gasteiger partial charge in [-0.15, -0.1) is 0 Å². The van der Waals surface area contributed by atoms with Crippen LogP contribution in [0.2, 0.25) is 20.1 Å². The van der Waals surface area contributed by atoms with Crippen molar-refractivity contribution >= 4 is 64.3 Å². The Balaban J connectivity index is 1.88. The van der Waals surface area contributed by atoms with E-state index < -0.39 is 11.5 Å². The lowest BCUT2D eigenvalue weighted by Gasteiger charge is -2.46. The third-order valence-electron chi connectivity index (χ3n) is 6.28. The Kier molecular flexibility index (Phi) is 8.14. The lowest BCUT2D eigenvalue weighted by atomic mass is 9.76. The molecule has 1 heterocycles. The van der Waals surface area contributed by atoms with Crippen molar-refractivity contribution in [3.8, 4) is 0 Å². The molecule has 0 spiro atoms. The van der Waals surface area contributed by atoms with Crippen molar-refractivity contribution in [3.05, 3.63) is 79.8 Å². The maximum absolute atomic E-state index is 13.3. The molecule has 1 fully saturated rings. The Bertz CT molecular complexity index is 1070. The van der Waals surface area contributed by atoms with Crippen LogP contribution in [-0.4, -0.2) is 47.7 Å². The number of carbonyl (C=O) groups excluding carboxylic acids is 1. The van der Waals surface area contributed by atoms with Gasteiger partial charge < -0.3 is 9.59 Å². The molecule has 2 aromatic rings. The Morgan fingerprint density at radius 2 is 1.59 bits per heavy atom. The zero-order valence-corrected chi connectivity index (χ0v) is 21.0. The van der Waals surface area contributed by atoms with Crippen LogP contribution < -0.4 is 0 Å². The molecule has 1 N–H and O–H groups in total. The number of benzene rings is 2. The van der Waals surface area contributed by atoms with E-state index in [0.717, 1.165) is 28.7 Å². The number of aliphatic hydroxyl groups is 1. The standard InChI is InChI=1S/C25H26Cl4NO2/c1-3-30(2)13-12-25(32,11-10-18-5-8-21(27)23(29)15-18)19(16-30)24(31)9-6-17-4-7-20(26)22(28)14-17/h4-11,14-15,19,32H,3,12-13,16H2,1-2H3/q+1/b9-6-,11-10+/t19-,25+,30?/m0/s1. The zero-order valence-electron chi connectivity index (χ0n) is 18.0. The predicted molar refractivity (Wildman–Crippen MR) is 136 cm³/mol. The molecule has 0 radical (unpaired) electrons. The highest BCUT2D eigenvalue weighted by Gasteiger charge is 2.48. The van der Waals surface area contributed by atoms with Crippen LogP contribution in [0.4, 0.5) is 0 Å². The summed E-state index contributed by atoms with van der Waals surface area (Å²) in [6, 6.07) is 10.5. The monoisotopic (exact) mass is 512 g/mol. The normalized spacial score (nSPS) is 26.2. The second-order valence-electron chi connectivity index (χ2n) is 8.55. The number of piperidine rings is 1. The molecule has 3 atom stereocenters. The first-order valence-electron chi connectivity index (χ1n) is 10.4. The molecule has 3 nitrogen and oxygen atoms in total. The minimum Gasteiger partial charge on any atom is -0.385 e. The van der Waals surface area contributed by atoms with E-state index in [-0.39, 0.29) is 5.78 Å². The summed E-state index contributed by atoms with van der Waals surface area (Å²) in [5.41, 5.74) is 0.313. The lowest BCUT2D eigenvalue weighted by Crippen LogP contribution is -2.61. The van der Waals surface area contributed by atoms with Gasteiger partial charge in [-0.05, 0) is 48.4 Å². The molecule has 0 amide bonds. The highest BCUT2D eigenvalue weighted by Crippen LogP contribution is 2.35. The zero-order chi connectivity index (χ0) is 23.5. The molecule has 0 bridgehead atoms. The number of allylic oxidation sites excluding steroid dienone is 1. The van der Waals surface area contributed by atoms with E-state index in [1.807, 2.05) is 6.07 Å². The first kappa shape index (κ1) is 25.3. The van der Waals surface area contributed by atoms with Crippen LogP contribution in [0.5, 0.6) is 0 Å². The summed E-state index contributed by atoms with van der Waals surface area (Å²) in [5.74, 6) is -0.714. The van der Waals surface area contributed by atoms with Crippen LogP contribution in [0.3, 0.4) is 0 Å². The van der Waals surface area contributed by atoms with E-state index in [1.54, 1.807) is 48.6 Å². The van der Waals surface area contributed by atoms with Crippen molar-refractivity contribution < 1.29 is 14.4 Å². The number of quaternary nitrogens is 1. The van der Waals surface area contributed by atoms with E-state index in [9.17, 15) is 9.90 Å². The molecule has 1 unspecified atom stereocenters. The van der Waals surface area contributed by atoms with E-state index in [4.69, 9.17) is 46.4 Å². The molecule has 1 aliphatic heterocycles. The summed E-state index contributed by atoms with van der Waals surface area (Å²) < 4.78 is 0.722. The minimum absolute atomic E-state index is 0.130. The first-order valence-corrected chi connectivity index (χ1v) is 11.9. The van der Waals surface area contributed by atoms with Crippen LogP contribution in [0.25, 0.3) is 12.2 Å². The number of likely N-dealkylation sites (tertiary alicyclic amines) is 1. The van der Waals surface area contributed by atoms with Gasteiger partial charge in [0, 0.05) is 6.42 Å². The van der Waals surface area contributed by atoms with Gasteiger partial charge in [-0.1, -0.05) is 76.8 Å². The number of ketones is 1. The number of rotatable bonds is 6. The molecule has 3 rings (SSSR count). The maximum atomic E-state index is 13.3. The van der Waals surface area contributed by atoms with Crippen LogP contribution in [-0.2, 0) is 4.79 Å². The summed E-state index contributed by atoms with van der Waals surface area (Å²) in [6.45, 7) is 4.30. The Hall–Kier alpha value is -1.33. The van der Waals surface area contributed by atoms with Crippen molar-refractivity contribution in [2.45, 2.75) is 18.9 Å². The van der Waals surface area contributed by atoms with Gasteiger partial charge in [0.25, 0.3) is 0 Å². The molecule has 0 aliphatic carbocycles. The smallest absolute Gasteiger partial charge is 0.167 e. The fourth-order valence-corrected chi connectivity index (χ4v) is 4.52. The second kappa shape index (κ2) is 10.3. The van der Waals surface area contributed by atoms with Crippen LogP contribution in [0.15, 0.2) is 48.6 Å². The van der Waals surface area contributed by atoms with Crippen molar-refractivity contribution in [2.24, 2.45) is 5.92 Å². The summed E-state index contributed by atoms with van der Waals surface area (Å²) in [6.07, 6.45) is 7.23. The summed E-state index contributed by atoms with van der Waals surface area (Å²) in [4.78, 5) is 13.3. The molecule has 32 heavy (non-hydrogen) atoms. The largest absolute Gasteiger partial charge is 0.385 e. The minimum atomic E-state index is -1.27. The maximum Gasteiger partial charge on any atom is 0.167 e.